The third-order valence-electron chi connectivity index (χ3n) is 1.73. The summed E-state index contributed by atoms with van der Waals surface area (Å²) in [5.74, 6) is -0.576. The SMILES string of the molecule is CC(Cl)OC(=O)CCCCC(=O)OC(C)(C)C. The second-order valence-corrected chi connectivity index (χ2v) is 5.44. The maximum Gasteiger partial charge on any atom is 0.307 e. The fraction of sp³-hybridized carbons (Fsp3) is 0.833. The van der Waals surface area contributed by atoms with E-state index in [-0.39, 0.29) is 18.4 Å². The predicted octanol–water partition coefficient (Wildman–Crippen LogP) is 3.02. The Labute approximate surface area is 108 Å². The van der Waals surface area contributed by atoms with Crippen LogP contribution in [0, 0.1) is 0 Å². The number of halogens is 1. The zero-order valence-electron chi connectivity index (χ0n) is 10.9. The van der Waals surface area contributed by atoms with E-state index in [1.54, 1.807) is 6.92 Å². The third-order valence-corrected chi connectivity index (χ3v) is 1.81. The van der Waals surface area contributed by atoms with Crippen LogP contribution in [0.4, 0.5) is 0 Å². The predicted molar refractivity (Wildman–Crippen MR) is 65.7 cm³/mol. The number of alkyl halides is 1. The second-order valence-electron chi connectivity index (χ2n) is 4.83. The maximum absolute atomic E-state index is 11.3. The molecule has 0 aromatic rings. The van der Waals surface area contributed by atoms with Gasteiger partial charge in [0.05, 0.1) is 0 Å². The number of rotatable bonds is 6. The van der Waals surface area contributed by atoms with Crippen LogP contribution in [-0.4, -0.2) is 23.1 Å². The van der Waals surface area contributed by atoms with Gasteiger partial charge in [-0.3, -0.25) is 9.59 Å². The average molecular weight is 265 g/mol. The Kier molecular flexibility index (Phi) is 7.19. The molecule has 0 heterocycles. The normalized spacial score (nSPS) is 13.0. The molecule has 0 fully saturated rings. The molecule has 0 aromatic carbocycles. The molecule has 0 radical (unpaired) electrons. The fourth-order valence-corrected chi connectivity index (χ4v) is 1.27. The number of carbonyl (C=O) groups is 2. The molecule has 0 aliphatic rings. The minimum atomic E-state index is -0.603. The van der Waals surface area contributed by atoms with Crippen molar-refractivity contribution in [3.63, 3.8) is 0 Å². The van der Waals surface area contributed by atoms with Crippen molar-refractivity contribution in [2.24, 2.45) is 0 Å². The highest BCUT2D eigenvalue weighted by Crippen LogP contribution is 2.11. The summed E-state index contributed by atoms with van der Waals surface area (Å²) in [5.41, 5.74) is -1.06. The highest BCUT2D eigenvalue weighted by atomic mass is 35.5. The van der Waals surface area contributed by atoms with Crippen LogP contribution in [0.25, 0.3) is 0 Å². The van der Waals surface area contributed by atoms with Crippen LogP contribution in [0.15, 0.2) is 0 Å². The Bertz CT molecular complexity index is 256. The standard InChI is InChI=1S/C12H21ClO4/c1-9(13)16-10(14)7-5-6-8-11(15)17-12(2,3)4/h9H,5-8H2,1-4H3. The monoisotopic (exact) mass is 264 g/mol. The van der Waals surface area contributed by atoms with E-state index in [1.807, 2.05) is 20.8 Å². The third kappa shape index (κ3) is 11.5. The summed E-state index contributed by atoms with van der Waals surface area (Å²) in [6.07, 6.45) is 1.81. The summed E-state index contributed by atoms with van der Waals surface area (Å²) in [7, 11) is 0. The number of unbranched alkanes of at least 4 members (excludes halogenated alkanes) is 1. The van der Waals surface area contributed by atoms with E-state index in [0.29, 0.717) is 19.3 Å². The molecule has 1 atom stereocenters. The van der Waals surface area contributed by atoms with Crippen LogP contribution in [0.5, 0.6) is 0 Å². The lowest BCUT2D eigenvalue weighted by atomic mass is 10.1. The molecule has 0 rings (SSSR count). The van der Waals surface area contributed by atoms with E-state index >= 15 is 0 Å². The minimum Gasteiger partial charge on any atom is -0.460 e. The summed E-state index contributed by atoms with van der Waals surface area (Å²) in [4.78, 5) is 22.4. The lowest BCUT2D eigenvalue weighted by Crippen LogP contribution is -2.23. The van der Waals surface area contributed by atoms with Gasteiger partial charge in [-0.25, -0.2) is 0 Å². The quantitative estimate of drug-likeness (QED) is 0.420. The van der Waals surface area contributed by atoms with E-state index in [4.69, 9.17) is 21.1 Å². The van der Waals surface area contributed by atoms with E-state index in [2.05, 4.69) is 0 Å². The molecule has 100 valence electrons. The summed E-state index contributed by atoms with van der Waals surface area (Å²) >= 11 is 5.49. The number of ether oxygens (including phenoxy) is 2. The van der Waals surface area contributed by atoms with Gasteiger partial charge in [0.2, 0.25) is 0 Å². The van der Waals surface area contributed by atoms with Gasteiger partial charge in [0.25, 0.3) is 0 Å². The molecule has 4 nitrogen and oxygen atoms in total. The molecule has 5 heteroatoms. The van der Waals surface area contributed by atoms with Gasteiger partial charge >= 0.3 is 11.9 Å². The fourth-order valence-electron chi connectivity index (χ4n) is 1.17. The second kappa shape index (κ2) is 7.54. The lowest BCUT2D eigenvalue weighted by Gasteiger charge is -2.19. The molecule has 0 amide bonds. The van der Waals surface area contributed by atoms with Crippen LogP contribution in [0.2, 0.25) is 0 Å². The van der Waals surface area contributed by atoms with Gasteiger partial charge in [0.1, 0.15) is 5.60 Å². The van der Waals surface area contributed by atoms with Crippen molar-refractivity contribution in [2.45, 2.75) is 64.5 Å². The Hall–Kier alpha value is -0.770. The van der Waals surface area contributed by atoms with Crippen molar-refractivity contribution in [1.29, 1.82) is 0 Å². The van der Waals surface area contributed by atoms with E-state index in [1.165, 1.54) is 0 Å². The van der Waals surface area contributed by atoms with Crippen molar-refractivity contribution in [3.8, 4) is 0 Å². The number of esters is 2. The summed E-state index contributed by atoms with van der Waals surface area (Å²) in [5, 5.41) is 0. The van der Waals surface area contributed by atoms with Gasteiger partial charge in [0, 0.05) is 12.8 Å². The van der Waals surface area contributed by atoms with Crippen molar-refractivity contribution in [2.75, 3.05) is 0 Å². The molecule has 17 heavy (non-hydrogen) atoms. The van der Waals surface area contributed by atoms with Crippen molar-refractivity contribution in [3.05, 3.63) is 0 Å². The molecular formula is C12H21ClO4. The zero-order valence-corrected chi connectivity index (χ0v) is 11.7. The topological polar surface area (TPSA) is 52.6 Å². The molecule has 0 spiro atoms. The minimum absolute atomic E-state index is 0.239. The van der Waals surface area contributed by atoms with Crippen LogP contribution >= 0.6 is 11.6 Å². The molecule has 0 saturated carbocycles. The highest BCUT2D eigenvalue weighted by molar-refractivity contribution is 6.19. The first-order valence-corrected chi connectivity index (χ1v) is 6.20. The first-order valence-electron chi connectivity index (χ1n) is 5.76. The van der Waals surface area contributed by atoms with E-state index in [0.717, 1.165) is 0 Å². The first-order chi connectivity index (χ1) is 7.70. The molecule has 0 N–H and O–H groups in total. The van der Waals surface area contributed by atoms with Crippen LogP contribution in [0.1, 0.15) is 53.4 Å². The van der Waals surface area contributed by atoms with Gasteiger partial charge in [-0.1, -0.05) is 11.6 Å². The molecular weight excluding hydrogens is 244 g/mol. The summed E-state index contributed by atoms with van der Waals surface area (Å²) in [6, 6.07) is 0. The Morgan fingerprint density at radius 3 is 2.00 bits per heavy atom. The molecule has 0 aliphatic heterocycles. The highest BCUT2D eigenvalue weighted by Gasteiger charge is 2.15. The van der Waals surface area contributed by atoms with Gasteiger partial charge in [-0.2, -0.15) is 0 Å². The summed E-state index contributed by atoms with van der Waals surface area (Å²) in [6.45, 7) is 7.05. The van der Waals surface area contributed by atoms with Gasteiger partial charge in [-0.05, 0) is 40.5 Å². The molecule has 0 aromatic heterocycles. The largest absolute Gasteiger partial charge is 0.460 e. The Morgan fingerprint density at radius 2 is 1.59 bits per heavy atom. The number of hydrogen-bond acceptors (Lipinski definition) is 4. The molecule has 0 bridgehead atoms. The average Bonchev–Trinajstić information content (AvgIpc) is 2.08. The molecule has 0 aliphatic carbocycles. The zero-order chi connectivity index (χ0) is 13.5. The lowest BCUT2D eigenvalue weighted by molar-refractivity contribution is -0.155. The Balaban J connectivity index is 3.58. The molecule has 0 saturated heterocycles. The van der Waals surface area contributed by atoms with Gasteiger partial charge < -0.3 is 9.47 Å². The van der Waals surface area contributed by atoms with Crippen molar-refractivity contribution in [1.82, 2.24) is 0 Å². The smallest absolute Gasteiger partial charge is 0.307 e. The number of carbonyl (C=O) groups excluding carboxylic acids is 2. The van der Waals surface area contributed by atoms with Gasteiger partial charge in [0.15, 0.2) is 5.56 Å². The Morgan fingerprint density at radius 1 is 1.12 bits per heavy atom. The molecule has 1 unspecified atom stereocenters. The van der Waals surface area contributed by atoms with Crippen LogP contribution in [0.3, 0.4) is 0 Å². The van der Waals surface area contributed by atoms with Crippen molar-refractivity contribution >= 4 is 23.5 Å². The van der Waals surface area contributed by atoms with Gasteiger partial charge in [-0.15, -0.1) is 0 Å². The summed E-state index contributed by atoms with van der Waals surface area (Å²) < 4.78 is 9.88. The van der Waals surface area contributed by atoms with E-state index in [9.17, 15) is 9.59 Å². The maximum atomic E-state index is 11.3. The van der Waals surface area contributed by atoms with Crippen molar-refractivity contribution < 1.29 is 19.1 Å². The number of hydrogen-bond donors (Lipinski definition) is 0. The van der Waals surface area contributed by atoms with Crippen LogP contribution in [-0.2, 0) is 19.1 Å². The van der Waals surface area contributed by atoms with E-state index < -0.39 is 11.2 Å². The van der Waals surface area contributed by atoms with Crippen LogP contribution < -0.4 is 0 Å². The first kappa shape index (κ1) is 16.2.